The molecule has 0 bridgehead atoms. The largest absolute Gasteiger partial charge is 0.497 e. The Morgan fingerprint density at radius 3 is 2.33 bits per heavy atom. The molecule has 1 aliphatic rings. The van der Waals surface area contributed by atoms with Crippen molar-refractivity contribution in [3.63, 3.8) is 0 Å². The van der Waals surface area contributed by atoms with Gasteiger partial charge in [0, 0.05) is 6.07 Å². The van der Waals surface area contributed by atoms with Crippen LogP contribution in [-0.4, -0.2) is 27.6 Å². The summed E-state index contributed by atoms with van der Waals surface area (Å²) in [4.78, 5) is 12.3. The van der Waals surface area contributed by atoms with E-state index in [-0.39, 0.29) is 23.0 Å². The van der Waals surface area contributed by atoms with Crippen LogP contribution in [0.5, 0.6) is 17.2 Å². The molecule has 24 heavy (non-hydrogen) atoms. The number of benzene rings is 2. The lowest BCUT2D eigenvalue weighted by molar-refractivity contribution is 0.101. The number of rotatable bonds is 4. The number of fused-ring (bicyclic) bond motifs is 1. The van der Waals surface area contributed by atoms with Gasteiger partial charge in [-0.15, -0.1) is 0 Å². The highest BCUT2D eigenvalue weighted by Gasteiger charge is 2.28. The SMILES string of the molecule is COc1ccc(C=C2Oc3cc(OS(C)(=O)=O)ccc3C2=O)cc1. The number of Topliss-reactive ketones (excluding diaryl/α,β-unsaturated/α-hetero) is 1. The maximum Gasteiger partial charge on any atom is 0.306 e. The Kier molecular flexibility index (Phi) is 4.02. The summed E-state index contributed by atoms with van der Waals surface area (Å²) < 4.78 is 37.8. The third-order valence-electron chi connectivity index (χ3n) is 3.30. The Morgan fingerprint density at radius 2 is 1.71 bits per heavy atom. The Morgan fingerprint density at radius 1 is 1.04 bits per heavy atom. The molecule has 0 amide bonds. The quantitative estimate of drug-likeness (QED) is 0.625. The van der Waals surface area contributed by atoms with E-state index in [0.717, 1.165) is 11.8 Å². The second kappa shape index (κ2) is 6.01. The highest BCUT2D eigenvalue weighted by Crippen LogP contribution is 2.35. The summed E-state index contributed by atoms with van der Waals surface area (Å²) in [6.45, 7) is 0. The lowest BCUT2D eigenvalue weighted by Crippen LogP contribution is -2.05. The maximum absolute atomic E-state index is 12.3. The van der Waals surface area contributed by atoms with Crippen LogP contribution >= 0.6 is 0 Å². The Labute approximate surface area is 139 Å². The first-order valence-electron chi connectivity index (χ1n) is 6.97. The van der Waals surface area contributed by atoms with E-state index < -0.39 is 10.1 Å². The third kappa shape index (κ3) is 3.41. The van der Waals surface area contributed by atoms with Gasteiger partial charge in [0.15, 0.2) is 5.76 Å². The molecule has 124 valence electrons. The van der Waals surface area contributed by atoms with Gasteiger partial charge < -0.3 is 13.7 Å². The molecule has 1 aliphatic heterocycles. The van der Waals surface area contributed by atoms with Crippen LogP contribution in [0.15, 0.2) is 48.2 Å². The van der Waals surface area contributed by atoms with Crippen molar-refractivity contribution < 1.29 is 26.9 Å². The van der Waals surface area contributed by atoms with Crippen LogP contribution in [0.1, 0.15) is 15.9 Å². The number of carbonyl (C=O) groups is 1. The van der Waals surface area contributed by atoms with Crippen molar-refractivity contribution in [1.82, 2.24) is 0 Å². The van der Waals surface area contributed by atoms with Gasteiger partial charge in [-0.2, -0.15) is 8.42 Å². The monoisotopic (exact) mass is 346 g/mol. The van der Waals surface area contributed by atoms with Gasteiger partial charge in [-0.25, -0.2) is 0 Å². The van der Waals surface area contributed by atoms with Crippen LogP contribution in [0, 0.1) is 0 Å². The molecule has 0 aliphatic carbocycles. The first-order chi connectivity index (χ1) is 11.4. The standard InChI is InChI=1S/C17H14O6S/c1-21-12-5-3-11(4-6-12)9-16-17(18)14-8-7-13(10-15(14)22-16)23-24(2,19)20/h3-10H,1-2H3. The van der Waals surface area contributed by atoms with Gasteiger partial charge in [0.25, 0.3) is 0 Å². The molecule has 0 aromatic heterocycles. The summed E-state index contributed by atoms with van der Waals surface area (Å²) in [7, 11) is -2.07. The van der Waals surface area contributed by atoms with E-state index in [1.165, 1.54) is 18.2 Å². The minimum atomic E-state index is -3.64. The molecular weight excluding hydrogens is 332 g/mol. The van der Waals surface area contributed by atoms with Crippen molar-refractivity contribution in [3.05, 3.63) is 59.4 Å². The number of ether oxygens (including phenoxy) is 2. The topological polar surface area (TPSA) is 78.9 Å². The summed E-state index contributed by atoms with van der Waals surface area (Å²) in [5.41, 5.74) is 1.13. The van der Waals surface area contributed by atoms with Crippen LogP contribution in [0.4, 0.5) is 0 Å². The molecule has 1 heterocycles. The molecule has 0 radical (unpaired) electrons. The Balaban J connectivity index is 1.88. The average molecular weight is 346 g/mol. The van der Waals surface area contributed by atoms with Crippen LogP contribution in [0.3, 0.4) is 0 Å². The predicted molar refractivity (Wildman–Crippen MR) is 87.8 cm³/mol. The first-order valence-corrected chi connectivity index (χ1v) is 8.79. The minimum absolute atomic E-state index is 0.0924. The maximum atomic E-state index is 12.3. The number of ketones is 1. The molecule has 0 saturated heterocycles. The summed E-state index contributed by atoms with van der Waals surface area (Å²) in [5.74, 6) is 0.954. The van der Waals surface area contributed by atoms with E-state index in [1.54, 1.807) is 37.5 Å². The Bertz CT molecular complexity index is 926. The van der Waals surface area contributed by atoms with Gasteiger partial charge in [-0.05, 0) is 35.9 Å². The molecule has 0 fully saturated rings. The molecule has 0 spiro atoms. The van der Waals surface area contributed by atoms with Gasteiger partial charge in [0.2, 0.25) is 5.78 Å². The van der Waals surface area contributed by atoms with Crippen molar-refractivity contribution in [2.75, 3.05) is 13.4 Å². The molecule has 0 N–H and O–H groups in total. The lowest BCUT2D eigenvalue weighted by Gasteiger charge is -2.04. The van der Waals surface area contributed by atoms with Crippen molar-refractivity contribution in [2.24, 2.45) is 0 Å². The normalized spacial score (nSPS) is 15.1. The fraction of sp³-hybridized carbons (Fsp3) is 0.118. The minimum Gasteiger partial charge on any atom is -0.497 e. The van der Waals surface area contributed by atoms with Crippen LogP contribution in [0.25, 0.3) is 6.08 Å². The zero-order valence-electron chi connectivity index (χ0n) is 13.0. The van der Waals surface area contributed by atoms with Crippen molar-refractivity contribution >= 4 is 22.0 Å². The van der Waals surface area contributed by atoms with Crippen LogP contribution < -0.4 is 13.7 Å². The summed E-state index contributed by atoms with van der Waals surface area (Å²) in [6.07, 6.45) is 2.56. The van der Waals surface area contributed by atoms with Crippen molar-refractivity contribution in [3.8, 4) is 17.2 Å². The van der Waals surface area contributed by atoms with Crippen LogP contribution in [-0.2, 0) is 10.1 Å². The highest BCUT2D eigenvalue weighted by atomic mass is 32.2. The van der Waals surface area contributed by atoms with Crippen molar-refractivity contribution in [1.29, 1.82) is 0 Å². The Hall–Kier alpha value is -2.80. The molecule has 2 aromatic carbocycles. The fourth-order valence-corrected chi connectivity index (χ4v) is 2.70. The van der Waals surface area contributed by atoms with E-state index in [0.29, 0.717) is 11.3 Å². The van der Waals surface area contributed by atoms with Gasteiger partial charge >= 0.3 is 10.1 Å². The second-order valence-corrected chi connectivity index (χ2v) is 6.73. The second-order valence-electron chi connectivity index (χ2n) is 5.16. The fourth-order valence-electron chi connectivity index (χ4n) is 2.25. The number of hydrogen-bond donors (Lipinski definition) is 0. The van der Waals surface area contributed by atoms with Crippen LogP contribution in [0.2, 0.25) is 0 Å². The number of hydrogen-bond acceptors (Lipinski definition) is 6. The molecule has 3 rings (SSSR count). The van der Waals surface area contributed by atoms with E-state index >= 15 is 0 Å². The number of carbonyl (C=O) groups excluding carboxylic acids is 1. The molecule has 0 saturated carbocycles. The van der Waals surface area contributed by atoms with E-state index in [9.17, 15) is 13.2 Å². The number of allylic oxidation sites excluding steroid dienone is 1. The molecular formula is C17H14O6S. The third-order valence-corrected chi connectivity index (χ3v) is 3.80. The average Bonchev–Trinajstić information content (AvgIpc) is 2.82. The molecule has 2 aromatic rings. The number of methoxy groups -OCH3 is 1. The zero-order valence-corrected chi connectivity index (χ0v) is 13.8. The molecule has 7 heteroatoms. The van der Waals surface area contributed by atoms with Crippen molar-refractivity contribution in [2.45, 2.75) is 0 Å². The summed E-state index contributed by atoms with van der Waals surface area (Å²) in [6, 6.07) is 11.4. The zero-order chi connectivity index (χ0) is 17.3. The predicted octanol–water partition coefficient (Wildman–Crippen LogP) is 2.65. The molecule has 0 unspecified atom stereocenters. The molecule has 6 nitrogen and oxygen atoms in total. The van der Waals surface area contributed by atoms with Gasteiger partial charge in [0.05, 0.1) is 18.9 Å². The highest BCUT2D eigenvalue weighted by molar-refractivity contribution is 7.86. The molecule has 0 atom stereocenters. The summed E-state index contributed by atoms with van der Waals surface area (Å²) >= 11 is 0. The van der Waals surface area contributed by atoms with Gasteiger partial charge in [0.1, 0.15) is 17.2 Å². The van der Waals surface area contributed by atoms with Gasteiger partial charge in [-0.1, -0.05) is 12.1 Å². The summed E-state index contributed by atoms with van der Waals surface area (Å²) in [5, 5.41) is 0. The van der Waals surface area contributed by atoms with E-state index in [1.807, 2.05) is 0 Å². The smallest absolute Gasteiger partial charge is 0.306 e. The van der Waals surface area contributed by atoms with E-state index in [2.05, 4.69) is 0 Å². The van der Waals surface area contributed by atoms with Gasteiger partial charge in [-0.3, -0.25) is 4.79 Å². The van der Waals surface area contributed by atoms with E-state index in [4.69, 9.17) is 13.7 Å². The first kappa shape index (κ1) is 16.1. The lowest BCUT2D eigenvalue weighted by atomic mass is 10.1.